The molecule has 6 heteroatoms. The average molecular weight is 247 g/mol. The van der Waals surface area contributed by atoms with Crippen LogP contribution in [0, 0.1) is 0 Å². The molecule has 0 aliphatic carbocycles. The molecule has 1 aromatic carbocycles. The lowest BCUT2D eigenvalue weighted by Gasteiger charge is -2.03. The summed E-state index contributed by atoms with van der Waals surface area (Å²) < 4.78 is 4.88. The van der Waals surface area contributed by atoms with Crippen molar-refractivity contribution in [2.75, 3.05) is 12.4 Å². The summed E-state index contributed by atoms with van der Waals surface area (Å²) in [5.74, 6) is -0.398. The number of para-hydroxylation sites is 1. The number of H-pyrrole nitrogens is 1. The highest BCUT2D eigenvalue weighted by atomic mass is 16.5. The number of aliphatic hydroxyl groups is 1. The van der Waals surface area contributed by atoms with E-state index in [1.165, 1.54) is 7.11 Å². The number of aromatic nitrogens is 2. The Kier molecular flexibility index (Phi) is 3.59. The first kappa shape index (κ1) is 12.1. The van der Waals surface area contributed by atoms with Crippen molar-refractivity contribution >= 4 is 11.6 Å². The summed E-state index contributed by atoms with van der Waals surface area (Å²) in [4.78, 5) is 18.6. The van der Waals surface area contributed by atoms with E-state index in [1.54, 1.807) is 12.1 Å². The molecule has 6 nitrogen and oxygen atoms in total. The summed E-state index contributed by atoms with van der Waals surface area (Å²) in [7, 11) is 1.43. The molecule has 0 aliphatic heterocycles. The second kappa shape index (κ2) is 5.33. The van der Waals surface area contributed by atoms with Crippen LogP contribution in [0.15, 0.2) is 30.3 Å². The molecule has 1 amide bonds. The molecule has 2 aromatic rings. The zero-order chi connectivity index (χ0) is 13.0. The molecule has 0 bridgehead atoms. The monoisotopic (exact) mass is 247 g/mol. The highest BCUT2D eigenvalue weighted by Crippen LogP contribution is 2.14. The molecule has 1 aromatic heterocycles. The van der Waals surface area contributed by atoms with Crippen molar-refractivity contribution in [1.82, 2.24) is 9.97 Å². The van der Waals surface area contributed by atoms with Crippen LogP contribution in [0.5, 0.6) is 6.01 Å². The standard InChI is InChI=1S/C12H13N3O3/c1-18-12-14-9(7-16)10(15-12)11(17)13-8-5-3-2-4-6-8/h2-6,16H,7H2,1H3,(H,13,17)(H,14,15). The topological polar surface area (TPSA) is 87.2 Å². The first-order chi connectivity index (χ1) is 8.74. The molecule has 0 aliphatic rings. The third-order valence-corrected chi connectivity index (χ3v) is 2.36. The third kappa shape index (κ3) is 2.49. The van der Waals surface area contributed by atoms with Gasteiger partial charge in [0.05, 0.1) is 19.4 Å². The second-order valence-corrected chi connectivity index (χ2v) is 3.55. The Balaban J connectivity index is 2.20. The van der Waals surface area contributed by atoms with Crippen LogP contribution in [-0.2, 0) is 6.61 Å². The van der Waals surface area contributed by atoms with E-state index < -0.39 is 5.91 Å². The number of imidazole rings is 1. The Morgan fingerprint density at radius 3 is 2.78 bits per heavy atom. The van der Waals surface area contributed by atoms with E-state index >= 15 is 0 Å². The van der Waals surface area contributed by atoms with E-state index in [9.17, 15) is 4.79 Å². The van der Waals surface area contributed by atoms with Crippen LogP contribution >= 0.6 is 0 Å². The van der Waals surface area contributed by atoms with Crippen LogP contribution in [0.4, 0.5) is 5.69 Å². The van der Waals surface area contributed by atoms with E-state index in [0.717, 1.165) is 0 Å². The molecule has 0 saturated carbocycles. The number of nitrogens with zero attached hydrogens (tertiary/aromatic N) is 1. The van der Waals surface area contributed by atoms with Gasteiger partial charge in [-0.05, 0) is 12.1 Å². The van der Waals surface area contributed by atoms with Gasteiger partial charge in [0.1, 0.15) is 0 Å². The van der Waals surface area contributed by atoms with Gasteiger partial charge in [-0.2, -0.15) is 4.98 Å². The number of carbonyl (C=O) groups excluding carboxylic acids is 1. The summed E-state index contributed by atoms with van der Waals surface area (Å²) in [5, 5.41) is 11.8. The normalized spacial score (nSPS) is 10.1. The lowest BCUT2D eigenvalue weighted by molar-refractivity contribution is 0.101. The molecule has 0 saturated heterocycles. The highest BCUT2D eigenvalue weighted by Gasteiger charge is 2.17. The number of anilines is 1. The molecule has 0 unspecified atom stereocenters. The van der Waals surface area contributed by atoms with Gasteiger partial charge >= 0.3 is 0 Å². The fourth-order valence-corrected chi connectivity index (χ4v) is 1.50. The van der Waals surface area contributed by atoms with Crippen molar-refractivity contribution in [1.29, 1.82) is 0 Å². The third-order valence-electron chi connectivity index (χ3n) is 2.36. The van der Waals surface area contributed by atoms with Crippen molar-refractivity contribution in [3.8, 4) is 6.01 Å². The minimum atomic E-state index is -0.398. The van der Waals surface area contributed by atoms with Gasteiger partial charge < -0.3 is 20.1 Å². The Morgan fingerprint density at radius 1 is 1.44 bits per heavy atom. The molecule has 0 spiro atoms. The molecule has 1 heterocycles. The van der Waals surface area contributed by atoms with E-state index in [-0.39, 0.29) is 18.3 Å². The maximum atomic E-state index is 12.0. The van der Waals surface area contributed by atoms with Crippen LogP contribution in [0.3, 0.4) is 0 Å². The number of aliphatic hydroxyl groups excluding tert-OH is 1. The highest BCUT2D eigenvalue weighted by molar-refractivity contribution is 6.03. The SMILES string of the molecule is COc1nc(C(=O)Nc2ccccc2)c(CO)[nH]1. The maximum Gasteiger partial charge on any atom is 0.294 e. The zero-order valence-electron chi connectivity index (χ0n) is 9.80. The number of amides is 1. The number of aromatic amines is 1. The molecule has 2 rings (SSSR count). The number of hydrogen-bond donors (Lipinski definition) is 3. The number of carbonyl (C=O) groups is 1. The van der Waals surface area contributed by atoms with Crippen LogP contribution in [-0.4, -0.2) is 28.1 Å². The van der Waals surface area contributed by atoms with Gasteiger partial charge in [0.2, 0.25) is 0 Å². The van der Waals surface area contributed by atoms with Crippen molar-refractivity contribution < 1.29 is 14.6 Å². The van der Waals surface area contributed by atoms with E-state index in [1.807, 2.05) is 18.2 Å². The minimum absolute atomic E-state index is 0.123. The summed E-state index contributed by atoms with van der Waals surface area (Å²) in [6.45, 7) is -0.312. The first-order valence-electron chi connectivity index (χ1n) is 5.34. The van der Waals surface area contributed by atoms with E-state index in [4.69, 9.17) is 9.84 Å². The van der Waals surface area contributed by atoms with Gasteiger partial charge in [-0.3, -0.25) is 4.79 Å². The largest absolute Gasteiger partial charge is 0.468 e. The smallest absolute Gasteiger partial charge is 0.294 e. The molecule has 0 atom stereocenters. The van der Waals surface area contributed by atoms with Crippen molar-refractivity contribution in [3.63, 3.8) is 0 Å². The molecular formula is C12H13N3O3. The number of benzene rings is 1. The van der Waals surface area contributed by atoms with Gasteiger partial charge in [0, 0.05) is 5.69 Å². The van der Waals surface area contributed by atoms with Crippen molar-refractivity contribution in [2.45, 2.75) is 6.61 Å². The summed E-state index contributed by atoms with van der Waals surface area (Å²) in [6.07, 6.45) is 0. The fraction of sp³-hybridized carbons (Fsp3) is 0.167. The average Bonchev–Trinajstić information content (AvgIpc) is 2.83. The molecule has 18 heavy (non-hydrogen) atoms. The molecule has 3 N–H and O–H groups in total. The fourth-order valence-electron chi connectivity index (χ4n) is 1.50. The number of methoxy groups -OCH3 is 1. The lowest BCUT2D eigenvalue weighted by atomic mass is 10.3. The molecule has 0 fully saturated rings. The lowest BCUT2D eigenvalue weighted by Crippen LogP contribution is -2.14. The maximum absolute atomic E-state index is 12.0. The first-order valence-corrected chi connectivity index (χ1v) is 5.34. The van der Waals surface area contributed by atoms with E-state index in [2.05, 4.69) is 15.3 Å². The number of ether oxygens (including phenoxy) is 1. The number of nitrogens with one attached hydrogen (secondary N) is 2. The van der Waals surface area contributed by atoms with Gasteiger partial charge in [0.25, 0.3) is 11.9 Å². The van der Waals surface area contributed by atoms with Gasteiger partial charge in [-0.15, -0.1) is 0 Å². The Labute approximate surface area is 104 Å². The Morgan fingerprint density at radius 2 is 2.17 bits per heavy atom. The predicted octanol–water partition coefficient (Wildman–Crippen LogP) is 1.16. The quantitative estimate of drug-likeness (QED) is 0.756. The van der Waals surface area contributed by atoms with Gasteiger partial charge in [0.15, 0.2) is 5.69 Å². The molecule has 94 valence electrons. The van der Waals surface area contributed by atoms with Crippen molar-refractivity contribution in [2.24, 2.45) is 0 Å². The van der Waals surface area contributed by atoms with Crippen LogP contribution < -0.4 is 10.1 Å². The second-order valence-electron chi connectivity index (χ2n) is 3.55. The van der Waals surface area contributed by atoms with Crippen LogP contribution in [0.25, 0.3) is 0 Å². The van der Waals surface area contributed by atoms with Gasteiger partial charge in [-0.25, -0.2) is 0 Å². The van der Waals surface area contributed by atoms with Crippen molar-refractivity contribution in [3.05, 3.63) is 41.7 Å². The molecule has 0 radical (unpaired) electrons. The van der Waals surface area contributed by atoms with Crippen LogP contribution in [0.2, 0.25) is 0 Å². The summed E-state index contributed by atoms with van der Waals surface area (Å²) in [6, 6.07) is 9.20. The number of rotatable bonds is 4. The Hall–Kier alpha value is -2.34. The van der Waals surface area contributed by atoms with E-state index in [0.29, 0.717) is 11.4 Å². The predicted molar refractivity (Wildman–Crippen MR) is 65.5 cm³/mol. The zero-order valence-corrected chi connectivity index (χ0v) is 9.80. The summed E-state index contributed by atoms with van der Waals surface area (Å²) >= 11 is 0. The minimum Gasteiger partial charge on any atom is -0.468 e. The van der Waals surface area contributed by atoms with Crippen LogP contribution in [0.1, 0.15) is 16.2 Å². The Bertz CT molecular complexity index is 537. The van der Waals surface area contributed by atoms with Gasteiger partial charge in [-0.1, -0.05) is 18.2 Å². The molecular weight excluding hydrogens is 234 g/mol. The summed E-state index contributed by atoms with van der Waals surface area (Å²) in [5.41, 5.74) is 1.10. The number of hydrogen-bond acceptors (Lipinski definition) is 4.